The maximum Gasteiger partial charge on any atom is 0.255 e. The highest BCUT2D eigenvalue weighted by Crippen LogP contribution is 2.29. The standard InChI is InChI=1S/C26H25N7OS/c1-17-22(20-10-19(13-27)24(31-14-20)33-6-8-35-9-7-33)12-21(15-30-17)32-25(34)18-4-5-29-23(11-18)26(2,3)16-28/h4-5,10-12,14-15H,6-9H2,1-3H3,(H,32,34). The molecule has 1 aliphatic heterocycles. The van der Waals surface area contributed by atoms with Crippen molar-refractivity contribution >= 4 is 29.2 Å². The van der Waals surface area contributed by atoms with Crippen molar-refractivity contribution in [3.8, 4) is 23.3 Å². The first kappa shape index (κ1) is 24.2. The minimum atomic E-state index is -0.806. The average Bonchev–Trinajstić information content (AvgIpc) is 2.90. The fourth-order valence-corrected chi connectivity index (χ4v) is 4.69. The SMILES string of the molecule is Cc1ncc(NC(=O)c2ccnc(C(C)(C)C#N)c2)cc1-c1cnc(N2CCSCC2)c(C#N)c1. The summed E-state index contributed by atoms with van der Waals surface area (Å²) in [5.74, 6) is 2.42. The monoisotopic (exact) mass is 483 g/mol. The van der Waals surface area contributed by atoms with Gasteiger partial charge in [-0.1, -0.05) is 0 Å². The second-order valence-electron chi connectivity index (χ2n) is 8.78. The summed E-state index contributed by atoms with van der Waals surface area (Å²) in [7, 11) is 0. The Bertz CT molecular complexity index is 1350. The predicted octanol–water partition coefficient (Wildman–Crippen LogP) is 4.33. The van der Waals surface area contributed by atoms with E-state index in [-0.39, 0.29) is 5.91 Å². The Hall–Kier alpha value is -3.95. The van der Waals surface area contributed by atoms with Crippen LogP contribution in [-0.4, -0.2) is 45.5 Å². The summed E-state index contributed by atoms with van der Waals surface area (Å²) in [6, 6.07) is 11.4. The van der Waals surface area contributed by atoms with Crippen LogP contribution >= 0.6 is 11.8 Å². The van der Waals surface area contributed by atoms with Crippen LogP contribution in [0.3, 0.4) is 0 Å². The van der Waals surface area contributed by atoms with Gasteiger partial charge in [-0.15, -0.1) is 0 Å². The largest absolute Gasteiger partial charge is 0.354 e. The molecule has 0 unspecified atom stereocenters. The zero-order valence-corrected chi connectivity index (χ0v) is 20.7. The third kappa shape index (κ3) is 5.26. The van der Waals surface area contributed by atoms with Gasteiger partial charge >= 0.3 is 0 Å². The summed E-state index contributed by atoms with van der Waals surface area (Å²) in [5.41, 5.74) is 3.47. The quantitative estimate of drug-likeness (QED) is 0.570. The summed E-state index contributed by atoms with van der Waals surface area (Å²) in [6.07, 6.45) is 4.88. The van der Waals surface area contributed by atoms with E-state index in [9.17, 15) is 15.3 Å². The predicted molar refractivity (Wildman–Crippen MR) is 137 cm³/mol. The van der Waals surface area contributed by atoms with E-state index in [0.29, 0.717) is 28.3 Å². The molecule has 3 aromatic heterocycles. The van der Waals surface area contributed by atoms with Crippen molar-refractivity contribution in [2.75, 3.05) is 34.8 Å². The molecule has 0 atom stereocenters. The average molecular weight is 484 g/mol. The number of hydrogen-bond acceptors (Lipinski definition) is 8. The number of anilines is 2. The second-order valence-corrected chi connectivity index (χ2v) is 10.0. The summed E-state index contributed by atoms with van der Waals surface area (Å²) in [5, 5.41) is 22.0. The van der Waals surface area contributed by atoms with Crippen molar-refractivity contribution in [3.63, 3.8) is 0 Å². The van der Waals surface area contributed by atoms with Crippen molar-refractivity contribution in [3.05, 3.63) is 65.4 Å². The number of carbonyl (C=O) groups is 1. The van der Waals surface area contributed by atoms with Crippen molar-refractivity contribution in [1.82, 2.24) is 15.0 Å². The number of carbonyl (C=O) groups excluding carboxylic acids is 1. The summed E-state index contributed by atoms with van der Waals surface area (Å²) in [6.45, 7) is 7.13. The third-order valence-corrected chi connectivity index (χ3v) is 6.84. The first-order valence-electron chi connectivity index (χ1n) is 11.2. The van der Waals surface area contributed by atoms with E-state index in [1.807, 2.05) is 30.8 Å². The highest BCUT2D eigenvalue weighted by atomic mass is 32.2. The Labute approximate surface area is 209 Å². The van der Waals surface area contributed by atoms with Crippen LogP contribution in [0, 0.1) is 29.6 Å². The first-order chi connectivity index (χ1) is 16.8. The molecule has 1 fully saturated rings. The topological polar surface area (TPSA) is 119 Å². The number of thioether (sulfide) groups is 1. The Morgan fingerprint density at radius 2 is 1.89 bits per heavy atom. The zero-order chi connectivity index (χ0) is 25.0. The van der Waals surface area contributed by atoms with Gasteiger partial charge in [-0.2, -0.15) is 22.3 Å². The molecular weight excluding hydrogens is 458 g/mol. The fourth-order valence-electron chi connectivity index (χ4n) is 3.78. The molecule has 0 spiro atoms. The lowest BCUT2D eigenvalue weighted by molar-refractivity contribution is 0.102. The molecule has 1 N–H and O–H groups in total. The fraction of sp³-hybridized carbons (Fsp3) is 0.308. The van der Waals surface area contributed by atoms with E-state index >= 15 is 0 Å². The smallest absolute Gasteiger partial charge is 0.255 e. The number of rotatable bonds is 5. The number of pyridine rings is 3. The number of aromatic nitrogens is 3. The second kappa shape index (κ2) is 10.1. The number of hydrogen-bond donors (Lipinski definition) is 1. The number of nitriles is 2. The zero-order valence-electron chi connectivity index (χ0n) is 19.9. The molecule has 3 aromatic rings. The molecule has 4 heterocycles. The van der Waals surface area contributed by atoms with Crippen molar-refractivity contribution < 1.29 is 4.79 Å². The van der Waals surface area contributed by atoms with E-state index in [2.05, 4.69) is 37.3 Å². The van der Waals surface area contributed by atoms with Crippen LogP contribution < -0.4 is 10.2 Å². The minimum Gasteiger partial charge on any atom is -0.354 e. The molecule has 9 heteroatoms. The number of amides is 1. The van der Waals surface area contributed by atoms with Crippen LogP contribution in [0.1, 0.15) is 41.2 Å². The third-order valence-electron chi connectivity index (χ3n) is 5.90. The van der Waals surface area contributed by atoms with Crippen LogP contribution in [0.2, 0.25) is 0 Å². The molecule has 1 amide bonds. The molecule has 0 saturated carbocycles. The van der Waals surface area contributed by atoms with Gasteiger partial charge in [-0.3, -0.25) is 14.8 Å². The van der Waals surface area contributed by atoms with E-state index in [0.717, 1.165) is 41.4 Å². The van der Waals surface area contributed by atoms with Crippen LogP contribution in [0.5, 0.6) is 0 Å². The number of nitrogens with one attached hydrogen (secondary N) is 1. The number of aryl methyl sites for hydroxylation is 1. The maximum atomic E-state index is 12.9. The van der Waals surface area contributed by atoms with Crippen molar-refractivity contribution in [2.24, 2.45) is 0 Å². The molecule has 8 nitrogen and oxygen atoms in total. The Balaban J connectivity index is 1.60. The molecule has 1 saturated heterocycles. The van der Waals surface area contributed by atoms with Gasteiger partial charge in [0.2, 0.25) is 0 Å². The molecule has 0 aromatic carbocycles. The van der Waals surface area contributed by atoms with Crippen molar-refractivity contribution in [2.45, 2.75) is 26.2 Å². The lowest BCUT2D eigenvalue weighted by atomic mass is 9.90. The van der Waals surface area contributed by atoms with Gasteiger partial charge in [0.1, 0.15) is 11.9 Å². The summed E-state index contributed by atoms with van der Waals surface area (Å²) < 4.78 is 0. The normalized spacial score (nSPS) is 13.6. The van der Waals surface area contributed by atoms with Gasteiger partial charge in [-0.05, 0) is 45.0 Å². The lowest BCUT2D eigenvalue weighted by Crippen LogP contribution is -2.33. The molecule has 0 aliphatic carbocycles. The van der Waals surface area contributed by atoms with Gasteiger partial charge in [0.05, 0.1) is 34.6 Å². The minimum absolute atomic E-state index is 0.326. The van der Waals surface area contributed by atoms with Gasteiger partial charge in [0, 0.05) is 59.4 Å². The van der Waals surface area contributed by atoms with Gasteiger partial charge in [-0.25, -0.2) is 4.98 Å². The Kier molecular flexibility index (Phi) is 6.99. The van der Waals surface area contributed by atoms with Crippen LogP contribution in [0.15, 0.2) is 42.9 Å². The van der Waals surface area contributed by atoms with Gasteiger partial charge < -0.3 is 10.2 Å². The summed E-state index contributed by atoms with van der Waals surface area (Å²) in [4.78, 5) is 28.4. The molecule has 176 valence electrons. The Morgan fingerprint density at radius 1 is 1.11 bits per heavy atom. The molecule has 35 heavy (non-hydrogen) atoms. The van der Waals surface area contributed by atoms with E-state index in [1.165, 1.54) is 6.20 Å². The molecule has 4 rings (SSSR count). The first-order valence-corrected chi connectivity index (χ1v) is 12.4. The van der Waals surface area contributed by atoms with Crippen LogP contribution in [0.4, 0.5) is 11.5 Å². The summed E-state index contributed by atoms with van der Waals surface area (Å²) >= 11 is 1.90. The van der Waals surface area contributed by atoms with Crippen LogP contribution in [-0.2, 0) is 5.41 Å². The van der Waals surface area contributed by atoms with Gasteiger partial charge in [0.15, 0.2) is 0 Å². The maximum absolute atomic E-state index is 12.9. The van der Waals surface area contributed by atoms with E-state index < -0.39 is 5.41 Å². The van der Waals surface area contributed by atoms with Gasteiger partial charge in [0.25, 0.3) is 5.91 Å². The molecule has 0 bridgehead atoms. The van der Waals surface area contributed by atoms with E-state index in [1.54, 1.807) is 38.4 Å². The number of nitrogens with zero attached hydrogens (tertiary/aromatic N) is 6. The highest BCUT2D eigenvalue weighted by molar-refractivity contribution is 7.99. The Morgan fingerprint density at radius 3 is 2.60 bits per heavy atom. The molecule has 1 aliphatic rings. The highest BCUT2D eigenvalue weighted by Gasteiger charge is 2.23. The lowest BCUT2D eigenvalue weighted by Gasteiger charge is -2.28. The van der Waals surface area contributed by atoms with Crippen molar-refractivity contribution in [1.29, 1.82) is 10.5 Å². The van der Waals surface area contributed by atoms with Crippen LogP contribution in [0.25, 0.3) is 11.1 Å². The van der Waals surface area contributed by atoms with E-state index in [4.69, 9.17) is 0 Å². The molecular formula is C26H25N7OS. The molecule has 0 radical (unpaired) electrons.